The number of hydrogen-bond acceptors (Lipinski definition) is 6. The third-order valence-corrected chi connectivity index (χ3v) is 6.93. The van der Waals surface area contributed by atoms with Crippen LogP contribution in [0.5, 0.6) is 11.5 Å². The van der Waals surface area contributed by atoms with Gasteiger partial charge in [0, 0.05) is 15.6 Å². The lowest BCUT2D eigenvalue weighted by molar-refractivity contribution is 0.0994. The number of amides is 1. The molecule has 1 aliphatic rings. The number of aromatic hydroxyl groups is 2. The highest BCUT2D eigenvalue weighted by atomic mass is 79.9. The van der Waals surface area contributed by atoms with Gasteiger partial charge >= 0.3 is 0 Å². The predicted molar refractivity (Wildman–Crippen MR) is 127 cm³/mol. The van der Waals surface area contributed by atoms with Crippen molar-refractivity contribution in [3.63, 3.8) is 0 Å². The molecular weight excluding hydrogens is 510 g/mol. The van der Waals surface area contributed by atoms with E-state index in [1.165, 1.54) is 42.5 Å². The lowest BCUT2D eigenvalue weighted by Crippen LogP contribution is -2.15. The van der Waals surface area contributed by atoms with E-state index in [1.807, 2.05) is 12.2 Å². The summed E-state index contributed by atoms with van der Waals surface area (Å²) < 4.78 is 29.2. The first-order valence-electron chi connectivity index (χ1n) is 9.81. The second kappa shape index (κ2) is 9.16. The smallest absolute Gasteiger partial charge is 0.295 e. The number of fused-ring (bicyclic) bond motifs is 1. The molecule has 0 heterocycles. The van der Waals surface area contributed by atoms with Gasteiger partial charge in [-0.3, -0.25) is 9.52 Å². The highest BCUT2D eigenvalue weighted by Gasteiger charge is 2.23. The Labute approximate surface area is 198 Å². The number of nitrogens with one attached hydrogen (secondary N) is 1. The maximum atomic E-state index is 12.9. The maximum Gasteiger partial charge on any atom is 0.295 e. The molecule has 1 amide bonds. The van der Waals surface area contributed by atoms with E-state index in [0.717, 1.165) is 4.47 Å². The molecule has 0 radical (unpaired) electrons. The quantitative estimate of drug-likeness (QED) is 0.237. The Hall–Kier alpha value is -3.50. The van der Waals surface area contributed by atoms with Crippen LogP contribution in [-0.4, -0.2) is 24.5 Å². The van der Waals surface area contributed by atoms with Crippen molar-refractivity contribution in [2.45, 2.75) is 17.7 Å². The van der Waals surface area contributed by atoms with E-state index < -0.39 is 15.9 Å². The van der Waals surface area contributed by atoms with Gasteiger partial charge in [0.2, 0.25) is 0 Å². The molecule has 168 valence electrons. The molecule has 1 aliphatic carbocycles. The molecule has 0 spiro atoms. The van der Waals surface area contributed by atoms with Crippen molar-refractivity contribution in [1.29, 1.82) is 0 Å². The van der Waals surface area contributed by atoms with Crippen LogP contribution in [0.4, 0.5) is 11.4 Å². The standard InChI is InChI=1S/C23H18BrN3O5S/c24-15-8-10-17(11-9-15)33(31,32)27-20-13-21(22(29)19-7-2-1-6-18(19)20)25-26-23(30)14-4-3-5-16(28)12-14/h1-5,8-13,27-29H,6-7H2. The zero-order chi connectivity index (χ0) is 23.6. The van der Waals surface area contributed by atoms with Crippen molar-refractivity contribution in [3.8, 4) is 11.5 Å². The average Bonchev–Trinajstić information content (AvgIpc) is 2.80. The number of phenolic OH excluding ortho intramolecular Hbond substituents is 2. The van der Waals surface area contributed by atoms with Crippen LogP contribution in [0.1, 0.15) is 21.5 Å². The highest BCUT2D eigenvalue weighted by Crippen LogP contribution is 2.41. The Morgan fingerprint density at radius 3 is 2.36 bits per heavy atom. The fraction of sp³-hybridized carbons (Fsp3) is 0.0870. The summed E-state index contributed by atoms with van der Waals surface area (Å²) in [6.45, 7) is 0. The number of benzene rings is 3. The molecule has 3 N–H and O–H groups in total. The van der Waals surface area contributed by atoms with Crippen LogP contribution in [0.2, 0.25) is 0 Å². The molecule has 4 rings (SSSR count). The fourth-order valence-electron chi connectivity index (χ4n) is 3.39. The van der Waals surface area contributed by atoms with Crippen molar-refractivity contribution < 1.29 is 23.4 Å². The van der Waals surface area contributed by atoms with Crippen molar-refractivity contribution in [3.05, 3.63) is 87.9 Å². The number of nitrogens with zero attached hydrogens (tertiary/aromatic N) is 2. The Balaban J connectivity index is 1.72. The summed E-state index contributed by atoms with van der Waals surface area (Å²) in [5.41, 5.74) is 1.44. The monoisotopic (exact) mass is 527 g/mol. The number of azo groups is 1. The van der Waals surface area contributed by atoms with Gasteiger partial charge in [-0.05, 0) is 66.9 Å². The molecule has 0 aliphatic heterocycles. The van der Waals surface area contributed by atoms with Crippen LogP contribution in [0.25, 0.3) is 0 Å². The minimum Gasteiger partial charge on any atom is -0.508 e. The molecular formula is C23H18BrN3O5S. The predicted octanol–water partition coefficient (Wildman–Crippen LogP) is 5.24. The maximum absolute atomic E-state index is 12.9. The van der Waals surface area contributed by atoms with Gasteiger partial charge in [0.25, 0.3) is 15.9 Å². The van der Waals surface area contributed by atoms with Gasteiger partial charge in [-0.2, -0.15) is 0 Å². The summed E-state index contributed by atoms with van der Waals surface area (Å²) in [5.74, 6) is -0.989. The number of halogens is 1. The molecule has 33 heavy (non-hydrogen) atoms. The van der Waals surface area contributed by atoms with Crippen LogP contribution in [-0.2, 0) is 22.9 Å². The SMILES string of the molecule is O=C(N=Nc1cc(NS(=O)(=O)c2ccc(Br)cc2)c2c(c1O)CC=CC2)c1cccc(O)c1. The molecule has 10 heteroatoms. The summed E-state index contributed by atoms with van der Waals surface area (Å²) >= 11 is 3.28. The number of rotatable bonds is 5. The van der Waals surface area contributed by atoms with Crippen molar-refractivity contribution in [1.82, 2.24) is 0 Å². The first kappa shape index (κ1) is 22.7. The van der Waals surface area contributed by atoms with Crippen molar-refractivity contribution >= 4 is 43.2 Å². The molecule has 0 saturated heterocycles. The van der Waals surface area contributed by atoms with Crippen molar-refractivity contribution in [2.24, 2.45) is 10.2 Å². The number of sulfonamides is 1. The van der Waals surface area contributed by atoms with Crippen molar-refractivity contribution in [2.75, 3.05) is 4.72 Å². The van der Waals surface area contributed by atoms with Gasteiger partial charge in [-0.1, -0.05) is 34.1 Å². The Morgan fingerprint density at radius 2 is 1.67 bits per heavy atom. The number of anilines is 1. The molecule has 0 bridgehead atoms. The number of phenols is 2. The van der Waals surface area contributed by atoms with Crippen LogP contribution in [0.3, 0.4) is 0 Å². The second-order valence-corrected chi connectivity index (χ2v) is 9.84. The minimum absolute atomic E-state index is 0.0499. The zero-order valence-electron chi connectivity index (χ0n) is 17.1. The van der Waals surface area contributed by atoms with E-state index in [9.17, 15) is 23.4 Å². The van der Waals surface area contributed by atoms with Crippen LogP contribution >= 0.6 is 15.9 Å². The first-order chi connectivity index (χ1) is 15.7. The summed E-state index contributed by atoms with van der Waals surface area (Å²) in [6, 6.07) is 13.2. The van der Waals surface area contributed by atoms with Gasteiger partial charge in [0.1, 0.15) is 17.2 Å². The average molecular weight is 528 g/mol. The van der Waals surface area contributed by atoms with Gasteiger partial charge in [-0.25, -0.2) is 8.42 Å². The first-order valence-corrected chi connectivity index (χ1v) is 12.1. The van der Waals surface area contributed by atoms with Crippen LogP contribution in [0.15, 0.2) is 86.3 Å². The Bertz CT molecular complexity index is 1400. The van der Waals surface area contributed by atoms with Gasteiger partial charge in [0.05, 0.1) is 10.6 Å². The third kappa shape index (κ3) is 4.96. The van der Waals surface area contributed by atoms with E-state index in [1.54, 1.807) is 12.1 Å². The number of hydrogen-bond donors (Lipinski definition) is 3. The number of carbonyl (C=O) groups is 1. The van der Waals surface area contributed by atoms with E-state index in [0.29, 0.717) is 24.0 Å². The molecule has 8 nitrogen and oxygen atoms in total. The third-order valence-electron chi connectivity index (χ3n) is 5.02. The lowest BCUT2D eigenvalue weighted by atomic mass is 9.93. The molecule has 3 aromatic carbocycles. The molecule has 0 fully saturated rings. The highest BCUT2D eigenvalue weighted by molar-refractivity contribution is 9.10. The van der Waals surface area contributed by atoms with Gasteiger partial charge in [-0.15, -0.1) is 10.2 Å². The topological polar surface area (TPSA) is 128 Å². The molecule has 0 atom stereocenters. The minimum atomic E-state index is -3.92. The fourth-order valence-corrected chi connectivity index (χ4v) is 4.74. The van der Waals surface area contributed by atoms with E-state index in [4.69, 9.17) is 0 Å². The van der Waals surface area contributed by atoms with Gasteiger partial charge < -0.3 is 10.2 Å². The Kier molecular flexibility index (Phi) is 6.30. The Morgan fingerprint density at radius 1 is 0.970 bits per heavy atom. The normalized spacial score (nSPS) is 13.1. The zero-order valence-corrected chi connectivity index (χ0v) is 19.5. The second-order valence-electron chi connectivity index (χ2n) is 7.24. The molecule has 0 aromatic heterocycles. The summed E-state index contributed by atoms with van der Waals surface area (Å²) in [5, 5.41) is 27.8. The van der Waals surface area contributed by atoms with Crippen LogP contribution in [0, 0.1) is 0 Å². The van der Waals surface area contributed by atoms with Gasteiger partial charge in [0.15, 0.2) is 0 Å². The van der Waals surface area contributed by atoms with E-state index in [2.05, 4.69) is 30.9 Å². The molecule has 0 saturated carbocycles. The summed E-state index contributed by atoms with van der Waals surface area (Å²) in [4.78, 5) is 12.4. The van der Waals surface area contributed by atoms with E-state index in [-0.39, 0.29) is 33.3 Å². The molecule has 0 unspecified atom stereocenters. The van der Waals surface area contributed by atoms with E-state index >= 15 is 0 Å². The molecule has 3 aromatic rings. The lowest BCUT2D eigenvalue weighted by Gasteiger charge is -2.19. The largest absolute Gasteiger partial charge is 0.508 e. The summed E-state index contributed by atoms with van der Waals surface area (Å²) in [7, 11) is -3.92. The number of carbonyl (C=O) groups excluding carboxylic acids is 1. The summed E-state index contributed by atoms with van der Waals surface area (Å²) in [6.07, 6.45) is 4.53. The van der Waals surface area contributed by atoms with Crippen LogP contribution < -0.4 is 4.72 Å². The number of allylic oxidation sites excluding steroid dienone is 2.